The monoisotopic (exact) mass is 347 g/mol. The molecule has 1 atom stereocenters. The van der Waals surface area contributed by atoms with Crippen molar-refractivity contribution in [2.45, 2.75) is 33.6 Å². The number of hydrogen-bond donors (Lipinski definition) is 2. The summed E-state index contributed by atoms with van der Waals surface area (Å²) in [7, 11) is 0. The lowest BCUT2D eigenvalue weighted by Crippen LogP contribution is -2.33. The molecule has 25 heavy (non-hydrogen) atoms. The van der Waals surface area contributed by atoms with Crippen molar-refractivity contribution >= 4 is 11.9 Å². The number of nitrogens with zero attached hydrogens (tertiary/aromatic N) is 2. The molecule has 0 saturated heterocycles. The fourth-order valence-electron chi connectivity index (χ4n) is 2.77. The summed E-state index contributed by atoms with van der Waals surface area (Å²) < 4.78 is 14.7. The van der Waals surface area contributed by atoms with Crippen LogP contribution in [0.1, 0.15) is 41.5 Å². The average molecular weight is 347 g/mol. The highest BCUT2D eigenvalue weighted by atomic mass is 19.1. The molecule has 1 aromatic carbocycles. The van der Waals surface area contributed by atoms with Gasteiger partial charge in [0.1, 0.15) is 5.82 Å². The number of carboxylic acid groups (broad SMARTS) is 1. The molecule has 2 rings (SSSR count). The number of carbonyl (C=O) groups is 2. The molecular weight excluding hydrogens is 325 g/mol. The zero-order valence-corrected chi connectivity index (χ0v) is 14.5. The van der Waals surface area contributed by atoms with Crippen LogP contribution in [0.3, 0.4) is 0 Å². The Hall–Kier alpha value is -2.70. The molecule has 2 aromatic rings. The maximum atomic E-state index is 13.1. The Labute approximate surface area is 145 Å². The molecular formula is C18H22FN3O3. The van der Waals surface area contributed by atoms with Crippen molar-refractivity contribution in [1.29, 1.82) is 0 Å². The van der Waals surface area contributed by atoms with E-state index < -0.39 is 11.9 Å². The Balaban J connectivity index is 2.20. The van der Waals surface area contributed by atoms with Crippen molar-refractivity contribution in [3.05, 3.63) is 47.0 Å². The van der Waals surface area contributed by atoms with Gasteiger partial charge in [-0.1, -0.05) is 13.3 Å². The van der Waals surface area contributed by atoms with Crippen molar-refractivity contribution in [1.82, 2.24) is 15.1 Å². The van der Waals surface area contributed by atoms with E-state index in [2.05, 4.69) is 10.4 Å². The van der Waals surface area contributed by atoms with E-state index >= 15 is 0 Å². The van der Waals surface area contributed by atoms with Gasteiger partial charge in [0.2, 0.25) is 0 Å². The number of aromatic nitrogens is 2. The maximum Gasteiger partial charge on any atom is 0.308 e. The lowest BCUT2D eigenvalue weighted by atomic mass is 10.0. The summed E-state index contributed by atoms with van der Waals surface area (Å²) in [6.07, 6.45) is 1.23. The number of aryl methyl sites for hydroxylation is 1. The van der Waals surface area contributed by atoms with Crippen LogP contribution in [0.5, 0.6) is 0 Å². The van der Waals surface area contributed by atoms with Crippen molar-refractivity contribution in [2.75, 3.05) is 6.54 Å². The molecule has 6 nitrogen and oxygen atoms in total. The van der Waals surface area contributed by atoms with Gasteiger partial charge in [0.15, 0.2) is 0 Å². The fourth-order valence-corrected chi connectivity index (χ4v) is 2.77. The molecule has 0 aliphatic rings. The number of halogens is 1. The highest BCUT2D eigenvalue weighted by Gasteiger charge is 2.22. The van der Waals surface area contributed by atoms with Crippen molar-refractivity contribution in [3.63, 3.8) is 0 Å². The van der Waals surface area contributed by atoms with E-state index in [1.807, 2.05) is 6.92 Å². The minimum absolute atomic E-state index is 0.0720. The van der Waals surface area contributed by atoms with Gasteiger partial charge in [-0.05, 0) is 44.5 Å². The van der Waals surface area contributed by atoms with Gasteiger partial charge in [-0.15, -0.1) is 0 Å². The van der Waals surface area contributed by atoms with Crippen molar-refractivity contribution in [3.8, 4) is 5.69 Å². The third kappa shape index (κ3) is 4.23. The second-order valence-corrected chi connectivity index (χ2v) is 5.97. The van der Waals surface area contributed by atoms with Gasteiger partial charge < -0.3 is 10.4 Å². The number of aliphatic carboxylic acids is 1. The van der Waals surface area contributed by atoms with Crippen LogP contribution in [0.4, 0.5) is 4.39 Å². The summed E-state index contributed by atoms with van der Waals surface area (Å²) >= 11 is 0. The highest BCUT2D eigenvalue weighted by molar-refractivity contribution is 5.96. The molecule has 0 aliphatic carbocycles. The minimum atomic E-state index is -0.919. The average Bonchev–Trinajstić information content (AvgIpc) is 2.86. The molecule has 0 radical (unpaired) electrons. The molecule has 0 spiro atoms. The molecule has 1 heterocycles. The molecule has 7 heteroatoms. The van der Waals surface area contributed by atoms with E-state index in [4.69, 9.17) is 0 Å². The van der Waals surface area contributed by atoms with Crippen molar-refractivity contribution in [2.24, 2.45) is 5.92 Å². The third-order valence-electron chi connectivity index (χ3n) is 4.08. The van der Waals surface area contributed by atoms with Crippen LogP contribution in [-0.2, 0) is 4.79 Å². The predicted molar refractivity (Wildman–Crippen MR) is 91.4 cm³/mol. The maximum absolute atomic E-state index is 13.1. The minimum Gasteiger partial charge on any atom is -0.481 e. The molecule has 0 aliphatic heterocycles. The topological polar surface area (TPSA) is 84.2 Å². The van der Waals surface area contributed by atoms with Crippen LogP contribution in [0.25, 0.3) is 5.69 Å². The zero-order valence-electron chi connectivity index (χ0n) is 14.5. The van der Waals surface area contributed by atoms with Crippen LogP contribution in [0.2, 0.25) is 0 Å². The summed E-state index contributed by atoms with van der Waals surface area (Å²) in [4.78, 5) is 23.7. The Kier molecular flexibility index (Phi) is 5.90. The Bertz CT molecular complexity index is 769. The normalized spacial score (nSPS) is 12.0. The Morgan fingerprint density at radius 2 is 1.92 bits per heavy atom. The second kappa shape index (κ2) is 7.92. The number of carboxylic acids is 1. The zero-order chi connectivity index (χ0) is 18.6. The van der Waals surface area contributed by atoms with Crippen LogP contribution in [-0.4, -0.2) is 33.3 Å². The third-order valence-corrected chi connectivity index (χ3v) is 4.08. The molecule has 0 fully saturated rings. The lowest BCUT2D eigenvalue weighted by Gasteiger charge is -2.12. The van der Waals surface area contributed by atoms with E-state index in [-0.39, 0.29) is 18.3 Å². The Morgan fingerprint density at radius 1 is 1.28 bits per heavy atom. The van der Waals surface area contributed by atoms with Gasteiger partial charge in [0.25, 0.3) is 5.91 Å². The van der Waals surface area contributed by atoms with E-state index in [0.717, 1.165) is 6.42 Å². The quantitative estimate of drug-likeness (QED) is 0.807. The first-order valence-electron chi connectivity index (χ1n) is 8.18. The number of rotatable bonds is 7. The summed E-state index contributed by atoms with van der Waals surface area (Å²) in [6, 6.07) is 5.82. The number of carbonyl (C=O) groups excluding carboxylic acids is 1. The molecule has 2 N–H and O–H groups in total. The van der Waals surface area contributed by atoms with Crippen molar-refractivity contribution < 1.29 is 19.1 Å². The Morgan fingerprint density at radius 3 is 2.48 bits per heavy atom. The van der Waals surface area contributed by atoms with Crippen LogP contribution in [0.15, 0.2) is 24.3 Å². The number of nitrogens with one attached hydrogen (secondary N) is 1. The SMILES string of the molecule is CCCC(CNC(=O)c1c(C)nn(-c2ccc(F)cc2)c1C)C(=O)O. The van der Waals surface area contributed by atoms with Gasteiger partial charge in [0, 0.05) is 6.54 Å². The highest BCUT2D eigenvalue weighted by Crippen LogP contribution is 2.18. The molecule has 0 saturated carbocycles. The second-order valence-electron chi connectivity index (χ2n) is 5.97. The van der Waals surface area contributed by atoms with E-state index in [0.29, 0.717) is 29.1 Å². The molecule has 1 amide bonds. The summed E-state index contributed by atoms with van der Waals surface area (Å²) in [5.41, 5.74) is 2.20. The number of benzene rings is 1. The molecule has 1 unspecified atom stereocenters. The summed E-state index contributed by atoms with van der Waals surface area (Å²) in [5, 5.41) is 16.2. The first kappa shape index (κ1) is 18.6. The van der Waals surface area contributed by atoms with Crippen LogP contribution in [0, 0.1) is 25.6 Å². The number of hydrogen-bond acceptors (Lipinski definition) is 3. The number of amides is 1. The van der Waals surface area contributed by atoms with E-state index in [1.54, 1.807) is 30.7 Å². The molecule has 134 valence electrons. The standard InChI is InChI=1S/C18H22FN3O3/c1-4-5-13(18(24)25)10-20-17(23)16-11(2)21-22(12(16)3)15-8-6-14(19)7-9-15/h6-9,13H,4-5,10H2,1-3H3,(H,20,23)(H,24,25). The molecule has 0 bridgehead atoms. The fraction of sp³-hybridized carbons (Fsp3) is 0.389. The van der Waals surface area contributed by atoms with Crippen LogP contribution >= 0.6 is 0 Å². The van der Waals surface area contributed by atoms with Gasteiger partial charge in [-0.25, -0.2) is 9.07 Å². The molecule has 1 aromatic heterocycles. The first-order valence-corrected chi connectivity index (χ1v) is 8.18. The first-order chi connectivity index (χ1) is 11.8. The van der Waals surface area contributed by atoms with Gasteiger partial charge in [-0.2, -0.15) is 5.10 Å². The van der Waals surface area contributed by atoms with Gasteiger partial charge in [0.05, 0.1) is 28.6 Å². The van der Waals surface area contributed by atoms with E-state index in [9.17, 15) is 19.1 Å². The van der Waals surface area contributed by atoms with E-state index in [1.165, 1.54) is 12.1 Å². The predicted octanol–water partition coefficient (Wildman–Crippen LogP) is 2.86. The van der Waals surface area contributed by atoms with Gasteiger partial charge in [-0.3, -0.25) is 9.59 Å². The smallest absolute Gasteiger partial charge is 0.308 e. The van der Waals surface area contributed by atoms with Crippen LogP contribution < -0.4 is 5.32 Å². The summed E-state index contributed by atoms with van der Waals surface area (Å²) in [6.45, 7) is 5.43. The summed E-state index contributed by atoms with van der Waals surface area (Å²) in [5.74, 6) is -2.23. The lowest BCUT2D eigenvalue weighted by molar-refractivity contribution is -0.141. The largest absolute Gasteiger partial charge is 0.481 e. The van der Waals surface area contributed by atoms with Gasteiger partial charge >= 0.3 is 5.97 Å².